The van der Waals surface area contributed by atoms with E-state index in [9.17, 15) is 4.79 Å². The van der Waals surface area contributed by atoms with Crippen molar-refractivity contribution in [3.8, 4) is 0 Å². The molecule has 1 heterocycles. The van der Waals surface area contributed by atoms with Crippen LogP contribution in [0, 0.1) is 0 Å². The lowest BCUT2D eigenvalue weighted by molar-refractivity contribution is -0.136. The summed E-state index contributed by atoms with van der Waals surface area (Å²) in [6, 6.07) is 0. The average Bonchev–Trinajstić information content (AvgIpc) is 2.46. The van der Waals surface area contributed by atoms with E-state index in [0.29, 0.717) is 11.6 Å². The van der Waals surface area contributed by atoms with Crippen LogP contribution in [0.1, 0.15) is 32.5 Å². The van der Waals surface area contributed by atoms with Gasteiger partial charge < -0.3 is 9.63 Å². The molecular formula is C9H14N2O3S. The Morgan fingerprint density at radius 1 is 1.53 bits per heavy atom. The fourth-order valence-corrected chi connectivity index (χ4v) is 1.51. The van der Waals surface area contributed by atoms with Crippen molar-refractivity contribution in [1.29, 1.82) is 0 Å². The zero-order valence-corrected chi connectivity index (χ0v) is 9.80. The van der Waals surface area contributed by atoms with E-state index in [1.165, 1.54) is 0 Å². The molecule has 0 atom stereocenters. The third-order valence-electron chi connectivity index (χ3n) is 1.45. The Bertz CT molecular complexity index is 343. The molecule has 6 heteroatoms. The molecule has 0 amide bonds. The summed E-state index contributed by atoms with van der Waals surface area (Å²) < 4.78 is 4.92. The van der Waals surface area contributed by atoms with Gasteiger partial charge in [-0.15, -0.1) is 11.8 Å². The second-order valence-corrected chi connectivity index (χ2v) is 5.88. The van der Waals surface area contributed by atoms with Gasteiger partial charge in [0.1, 0.15) is 6.42 Å². The van der Waals surface area contributed by atoms with Gasteiger partial charge in [-0.1, -0.05) is 25.9 Å². The Balaban J connectivity index is 2.50. The minimum Gasteiger partial charge on any atom is -0.481 e. The molecule has 0 fully saturated rings. The molecule has 0 unspecified atom stereocenters. The zero-order chi connectivity index (χ0) is 11.5. The normalized spacial score (nSPS) is 11.7. The van der Waals surface area contributed by atoms with Crippen molar-refractivity contribution in [3.05, 3.63) is 11.7 Å². The number of aromatic nitrogens is 2. The van der Waals surface area contributed by atoms with E-state index >= 15 is 0 Å². The number of hydrogen-bond donors (Lipinski definition) is 1. The molecule has 84 valence electrons. The molecule has 5 nitrogen and oxygen atoms in total. The van der Waals surface area contributed by atoms with Gasteiger partial charge in [0, 0.05) is 4.75 Å². The fraction of sp³-hybridized carbons (Fsp3) is 0.667. The molecule has 0 aliphatic heterocycles. The van der Waals surface area contributed by atoms with Crippen LogP contribution in [-0.2, 0) is 17.0 Å². The highest BCUT2D eigenvalue weighted by Gasteiger charge is 2.14. The fourth-order valence-electron chi connectivity index (χ4n) is 0.831. The van der Waals surface area contributed by atoms with Gasteiger partial charge in [-0.25, -0.2) is 0 Å². The summed E-state index contributed by atoms with van der Waals surface area (Å²) in [5.74, 6) is 0.374. The third-order valence-corrected chi connectivity index (χ3v) is 2.72. The maximum absolute atomic E-state index is 10.4. The molecule has 0 saturated heterocycles. The van der Waals surface area contributed by atoms with Crippen molar-refractivity contribution < 1.29 is 14.4 Å². The largest absolute Gasteiger partial charge is 0.481 e. The summed E-state index contributed by atoms with van der Waals surface area (Å²) in [4.78, 5) is 14.3. The Morgan fingerprint density at radius 2 is 2.20 bits per heavy atom. The number of hydrogen-bond acceptors (Lipinski definition) is 5. The molecule has 0 radical (unpaired) electrons. The number of carboxylic acids is 1. The van der Waals surface area contributed by atoms with E-state index in [2.05, 4.69) is 30.9 Å². The lowest BCUT2D eigenvalue weighted by atomic mass is 10.3. The van der Waals surface area contributed by atoms with Crippen LogP contribution in [0.25, 0.3) is 0 Å². The number of aliphatic carboxylic acids is 1. The Kier molecular flexibility index (Phi) is 3.73. The molecule has 0 aliphatic carbocycles. The van der Waals surface area contributed by atoms with Crippen LogP contribution in [0.4, 0.5) is 0 Å². The van der Waals surface area contributed by atoms with Crippen LogP contribution in [0.5, 0.6) is 0 Å². The van der Waals surface area contributed by atoms with Crippen molar-refractivity contribution in [1.82, 2.24) is 10.1 Å². The number of carboxylic acid groups (broad SMARTS) is 1. The number of rotatable bonds is 4. The summed E-state index contributed by atoms with van der Waals surface area (Å²) in [5, 5.41) is 12.2. The van der Waals surface area contributed by atoms with Crippen LogP contribution in [0.3, 0.4) is 0 Å². The number of thioether (sulfide) groups is 1. The predicted octanol–water partition coefficient (Wildman–Crippen LogP) is 1.73. The molecule has 0 spiro atoms. The van der Waals surface area contributed by atoms with E-state index in [1.54, 1.807) is 11.8 Å². The Morgan fingerprint density at radius 3 is 2.73 bits per heavy atom. The van der Waals surface area contributed by atoms with Gasteiger partial charge in [0.25, 0.3) is 0 Å². The van der Waals surface area contributed by atoms with Gasteiger partial charge in [-0.2, -0.15) is 4.98 Å². The molecule has 0 aliphatic rings. The van der Waals surface area contributed by atoms with E-state index < -0.39 is 5.97 Å². The van der Waals surface area contributed by atoms with Gasteiger partial charge >= 0.3 is 5.97 Å². The monoisotopic (exact) mass is 230 g/mol. The summed E-state index contributed by atoms with van der Waals surface area (Å²) in [5.41, 5.74) is 0. The first-order valence-corrected chi connectivity index (χ1v) is 5.52. The average molecular weight is 230 g/mol. The maximum atomic E-state index is 10.4. The topological polar surface area (TPSA) is 76.2 Å². The summed E-state index contributed by atoms with van der Waals surface area (Å²) >= 11 is 1.69. The quantitative estimate of drug-likeness (QED) is 0.848. The van der Waals surface area contributed by atoms with Gasteiger partial charge in [-0.05, 0) is 0 Å². The van der Waals surface area contributed by atoms with Gasteiger partial charge in [-0.3, -0.25) is 4.79 Å². The van der Waals surface area contributed by atoms with E-state index in [4.69, 9.17) is 9.63 Å². The molecule has 1 aromatic rings. The predicted molar refractivity (Wildman–Crippen MR) is 56.7 cm³/mol. The van der Waals surface area contributed by atoms with E-state index in [-0.39, 0.29) is 17.1 Å². The highest BCUT2D eigenvalue weighted by molar-refractivity contribution is 7.99. The van der Waals surface area contributed by atoms with E-state index in [0.717, 1.165) is 0 Å². The van der Waals surface area contributed by atoms with Crippen LogP contribution < -0.4 is 0 Å². The second kappa shape index (κ2) is 4.65. The number of carbonyl (C=O) groups is 1. The highest BCUT2D eigenvalue weighted by atomic mass is 32.2. The Labute approximate surface area is 92.2 Å². The van der Waals surface area contributed by atoms with Crippen molar-refractivity contribution >= 4 is 17.7 Å². The summed E-state index contributed by atoms with van der Waals surface area (Å²) in [7, 11) is 0. The summed E-state index contributed by atoms with van der Waals surface area (Å²) in [6.45, 7) is 6.28. The van der Waals surface area contributed by atoms with Crippen LogP contribution in [-0.4, -0.2) is 26.0 Å². The summed E-state index contributed by atoms with van der Waals surface area (Å²) in [6.07, 6.45) is -0.215. The lowest BCUT2D eigenvalue weighted by Crippen LogP contribution is -2.08. The Hall–Kier alpha value is -1.04. The first-order valence-electron chi connectivity index (χ1n) is 4.54. The maximum Gasteiger partial charge on any atom is 0.312 e. The minimum atomic E-state index is -0.964. The van der Waals surface area contributed by atoms with E-state index in [1.807, 2.05) is 0 Å². The van der Waals surface area contributed by atoms with Crippen LogP contribution in [0.2, 0.25) is 0 Å². The standard InChI is InChI=1S/C9H14N2O3S/c1-9(2,3)15-5-6-10-7(14-11-6)4-8(12)13/h4-5H2,1-3H3,(H,12,13). The molecule has 0 aromatic carbocycles. The lowest BCUT2D eigenvalue weighted by Gasteiger charge is -2.15. The van der Waals surface area contributed by atoms with Crippen LogP contribution in [0.15, 0.2) is 4.52 Å². The SMILES string of the molecule is CC(C)(C)SCc1noc(CC(=O)O)n1. The number of nitrogens with zero attached hydrogens (tertiary/aromatic N) is 2. The van der Waals surface area contributed by atoms with Gasteiger partial charge in [0.05, 0.1) is 5.75 Å². The molecule has 15 heavy (non-hydrogen) atoms. The second-order valence-electron chi connectivity index (χ2n) is 4.08. The van der Waals surface area contributed by atoms with Gasteiger partial charge in [0.15, 0.2) is 5.82 Å². The third kappa shape index (κ3) is 4.83. The van der Waals surface area contributed by atoms with Crippen molar-refractivity contribution in [2.75, 3.05) is 0 Å². The zero-order valence-electron chi connectivity index (χ0n) is 8.98. The van der Waals surface area contributed by atoms with Gasteiger partial charge in [0.2, 0.25) is 5.89 Å². The molecule has 1 aromatic heterocycles. The smallest absolute Gasteiger partial charge is 0.312 e. The first kappa shape index (κ1) is 12.0. The molecule has 1 N–H and O–H groups in total. The molecular weight excluding hydrogens is 216 g/mol. The van der Waals surface area contributed by atoms with Crippen molar-refractivity contribution in [2.45, 2.75) is 37.7 Å². The first-order chi connectivity index (χ1) is 6.87. The molecule has 0 saturated carbocycles. The van der Waals surface area contributed by atoms with Crippen molar-refractivity contribution in [2.24, 2.45) is 0 Å². The molecule has 0 bridgehead atoms. The minimum absolute atomic E-state index is 0.133. The van der Waals surface area contributed by atoms with Crippen LogP contribution >= 0.6 is 11.8 Å². The highest BCUT2D eigenvalue weighted by Crippen LogP contribution is 2.25. The van der Waals surface area contributed by atoms with Crippen molar-refractivity contribution in [3.63, 3.8) is 0 Å². The molecule has 1 rings (SSSR count).